The van der Waals surface area contributed by atoms with E-state index in [1.165, 1.54) is 0 Å². The van der Waals surface area contributed by atoms with Crippen molar-refractivity contribution in [3.8, 4) is 0 Å². The average Bonchev–Trinajstić information content (AvgIpc) is 2.62. The van der Waals surface area contributed by atoms with Gasteiger partial charge in [0.05, 0.1) is 12.7 Å². The maximum atomic E-state index is 9.03. The Hall–Kier alpha value is -0.220. The lowest BCUT2D eigenvalue weighted by Crippen LogP contribution is -2.22. The van der Waals surface area contributed by atoms with Gasteiger partial charge in [-0.25, -0.2) is 0 Å². The molecule has 1 saturated heterocycles. The Morgan fingerprint density at radius 2 is 2.20 bits per heavy atom. The summed E-state index contributed by atoms with van der Waals surface area (Å²) in [7, 11) is 0. The van der Waals surface area contributed by atoms with Crippen LogP contribution in [0.25, 0.3) is 0 Å². The van der Waals surface area contributed by atoms with Gasteiger partial charge in [0.15, 0.2) is 0 Å². The zero-order valence-corrected chi connectivity index (χ0v) is 10.0. The molecule has 4 heteroatoms. The molecule has 1 aliphatic rings. The van der Waals surface area contributed by atoms with Crippen molar-refractivity contribution < 1.29 is 9.84 Å². The fourth-order valence-corrected chi connectivity index (χ4v) is 2.94. The first-order valence-corrected chi connectivity index (χ1v) is 6.19. The quantitative estimate of drug-likeness (QED) is 0.867. The van der Waals surface area contributed by atoms with Crippen LogP contribution < -0.4 is 0 Å². The molecule has 1 aromatic rings. The first kappa shape index (κ1) is 11.3. The number of aliphatic hydroxyl groups is 1. The van der Waals surface area contributed by atoms with E-state index in [4.69, 9.17) is 21.4 Å². The summed E-state index contributed by atoms with van der Waals surface area (Å²) in [6.45, 7) is 2.10. The van der Waals surface area contributed by atoms with Gasteiger partial charge in [-0.3, -0.25) is 0 Å². The van der Waals surface area contributed by atoms with E-state index in [0.29, 0.717) is 0 Å². The van der Waals surface area contributed by atoms with Gasteiger partial charge < -0.3 is 9.84 Å². The van der Waals surface area contributed by atoms with Crippen molar-refractivity contribution in [2.45, 2.75) is 18.0 Å². The van der Waals surface area contributed by atoms with Gasteiger partial charge in [0, 0.05) is 10.8 Å². The van der Waals surface area contributed by atoms with Gasteiger partial charge in [-0.15, -0.1) is 11.8 Å². The Morgan fingerprint density at radius 1 is 1.53 bits per heavy atom. The number of benzene rings is 1. The SMILES string of the molecule is C[C@@]1(c2ccc(Cl)cc2)O[C@@H](CO)CS1. The lowest BCUT2D eigenvalue weighted by atomic mass is 10.1. The maximum Gasteiger partial charge on any atom is 0.137 e. The molecule has 0 aromatic heterocycles. The summed E-state index contributed by atoms with van der Waals surface area (Å²) in [4.78, 5) is -0.349. The van der Waals surface area contributed by atoms with Crippen LogP contribution >= 0.6 is 23.4 Å². The van der Waals surface area contributed by atoms with Crippen LogP contribution in [0.3, 0.4) is 0 Å². The average molecular weight is 245 g/mol. The molecule has 1 N–H and O–H groups in total. The molecule has 0 aliphatic carbocycles. The first-order chi connectivity index (χ1) is 7.14. The maximum absolute atomic E-state index is 9.03. The number of hydrogen-bond donors (Lipinski definition) is 1. The second-order valence-corrected chi connectivity index (χ2v) is 5.52. The van der Waals surface area contributed by atoms with Crippen molar-refractivity contribution in [3.63, 3.8) is 0 Å². The van der Waals surface area contributed by atoms with E-state index in [1.54, 1.807) is 11.8 Å². The highest BCUT2D eigenvalue weighted by atomic mass is 35.5. The van der Waals surface area contributed by atoms with Crippen molar-refractivity contribution >= 4 is 23.4 Å². The molecule has 1 fully saturated rings. The Morgan fingerprint density at radius 3 is 2.73 bits per heavy atom. The van der Waals surface area contributed by atoms with E-state index in [-0.39, 0.29) is 17.6 Å². The minimum Gasteiger partial charge on any atom is -0.394 e. The predicted molar refractivity (Wildman–Crippen MR) is 63.2 cm³/mol. The van der Waals surface area contributed by atoms with Crippen LogP contribution in [-0.4, -0.2) is 23.6 Å². The van der Waals surface area contributed by atoms with Crippen molar-refractivity contribution in [3.05, 3.63) is 34.9 Å². The summed E-state index contributed by atoms with van der Waals surface area (Å²) in [6, 6.07) is 7.65. The molecule has 0 bridgehead atoms. The lowest BCUT2D eigenvalue weighted by Gasteiger charge is -2.23. The summed E-state index contributed by atoms with van der Waals surface area (Å²) < 4.78 is 5.79. The highest BCUT2D eigenvalue weighted by Gasteiger charge is 2.37. The van der Waals surface area contributed by atoms with Gasteiger partial charge in [0.2, 0.25) is 0 Å². The second-order valence-electron chi connectivity index (χ2n) is 3.69. The minimum absolute atomic E-state index is 0.0596. The predicted octanol–water partition coefficient (Wildman–Crippen LogP) is 2.64. The molecule has 0 spiro atoms. The molecular formula is C11H13ClO2S. The van der Waals surface area contributed by atoms with Crippen molar-refractivity contribution in [2.75, 3.05) is 12.4 Å². The molecule has 82 valence electrons. The molecular weight excluding hydrogens is 232 g/mol. The van der Waals surface area contributed by atoms with E-state index >= 15 is 0 Å². The van der Waals surface area contributed by atoms with Crippen LogP contribution in [0.15, 0.2) is 24.3 Å². The van der Waals surface area contributed by atoms with E-state index < -0.39 is 0 Å². The Kier molecular flexibility index (Phi) is 3.26. The minimum atomic E-state index is -0.349. The highest BCUT2D eigenvalue weighted by molar-refractivity contribution is 8.00. The topological polar surface area (TPSA) is 29.5 Å². The van der Waals surface area contributed by atoms with E-state index in [1.807, 2.05) is 31.2 Å². The summed E-state index contributed by atoms with van der Waals surface area (Å²) in [5.74, 6) is 0.829. The number of halogens is 1. The van der Waals surface area contributed by atoms with Crippen molar-refractivity contribution in [2.24, 2.45) is 0 Å². The highest BCUT2D eigenvalue weighted by Crippen LogP contribution is 2.44. The van der Waals surface area contributed by atoms with E-state index in [9.17, 15) is 0 Å². The van der Waals surface area contributed by atoms with Crippen molar-refractivity contribution in [1.29, 1.82) is 0 Å². The number of ether oxygens (including phenoxy) is 1. The fraction of sp³-hybridized carbons (Fsp3) is 0.455. The van der Waals surface area contributed by atoms with Crippen LogP contribution in [0.4, 0.5) is 0 Å². The number of hydrogen-bond acceptors (Lipinski definition) is 3. The van der Waals surface area contributed by atoms with Gasteiger partial charge in [0.1, 0.15) is 4.93 Å². The lowest BCUT2D eigenvalue weighted by molar-refractivity contribution is -0.0249. The zero-order valence-electron chi connectivity index (χ0n) is 8.44. The van der Waals surface area contributed by atoms with Gasteiger partial charge in [-0.2, -0.15) is 0 Å². The first-order valence-electron chi connectivity index (χ1n) is 4.83. The molecule has 0 saturated carbocycles. The molecule has 2 nitrogen and oxygen atoms in total. The third kappa shape index (κ3) is 2.31. The third-order valence-corrected chi connectivity index (χ3v) is 4.18. The van der Waals surface area contributed by atoms with Gasteiger partial charge >= 0.3 is 0 Å². The standard InChI is InChI=1S/C11H13ClO2S/c1-11(14-10(6-13)7-15-11)8-2-4-9(12)5-3-8/h2-5,10,13H,6-7H2,1H3/t10-,11+/m0/s1. The van der Waals surface area contributed by atoms with Crippen LogP contribution in [0.2, 0.25) is 5.02 Å². The molecule has 1 heterocycles. The monoisotopic (exact) mass is 244 g/mol. The van der Waals surface area contributed by atoms with Crippen LogP contribution in [0.1, 0.15) is 12.5 Å². The summed E-state index contributed by atoms with van der Waals surface area (Å²) in [5.41, 5.74) is 1.09. The largest absolute Gasteiger partial charge is 0.394 e. The molecule has 1 aromatic carbocycles. The molecule has 0 radical (unpaired) electrons. The molecule has 2 rings (SSSR count). The summed E-state index contributed by atoms with van der Waals surface area (Å²) in [6.07, 6.45) is -0.0596. The smallest absolute Gasteiger partial charge is 0.137 e. The van der Waals surface area contributed by atoms with Crippen LogP contribution in [-0.2, 0) is 9.67 Å². The second kappa shape index (κ2) is 4.34. The zero-order chi connectivity index (χ0) is 10.9. The van der Waals surface area contributed by atoms with Gasteiger partial charge in [-0.05, 0) is 24.6 Å². The van der Waals surface area contributed by atoms with Crippen LogP contribution in [0, 0.1) is 0 Å². The normalized spacial score (nSPS) is 30.7. The molecule has 15 heavy (non-hydrogen) atoms. The summed E-state index contributed by atoms with van der Waals surface area (Å²) >= 11 is 7.54. The Bertz CT molecular complexity index is 341. The fourth-order valence-electron chi connectivity index (χ4n) is 1.63. The van der Waals surface area contributed by atoms with Crippen molar-refractivity contribution in [1.82, 2.24) is 0 Å². The Labute approximate surface area is 98.6 Å². The molecule has 0 amide bonds. The van der Waals surface area contributed by atoms with Crippen LogP contribution in [0.5, 0.6) is 0 Å². The van der Waals surface area contributed by atoms with E-state index in [2.05, 4.69) is 0 Å². The molecule has 1 aliphatic heterocycles. The van der Waals surface area contributed by atoms with Gasteiger partial charge in [-0.1, -0.05) is 23.7 Å². The molecule has 0 unspecified atom stereocenters. The number of aliphatic hydroxyl groups excluding tert-OH is 1. The molecule has 2 atom stereocenters. The Balaban J connectivity index is 2.20. The number of thioether (sulfide) groups is 1. The van der Waals surface area contributed by atoms with Gasteiger partial charge in [0.25, 0.3) is 0 Å². The number of rotatable bonds is 2. The third-order valence-electron chi connectivity index (χ3n) is 2.51. The van der Waals surface area contributed by atoms with E-state index in [0.717, 1.165) is 16.3 Å². The summed E-state index contributed by atoms with van der Waals surface area (Å²) in [5, 5.41) is 9.76.